The number of nitrogens with two attached hydrogens (primary N) is 1. The molecule has 1 aliphatic carbocycles. The first-order valence-corrected chi connectivity index (χ1v) is 14.2. The van der Waals surface area contributed by atoms with Gasteiger partial charge in [0.05, 0.1) is 12.1 Å². The lowest BCUT2D eigenvalue weighted by molar-refractivity contribution is -0.146. The Bertz CT molecular complexity index is 973. The summed E-state index contributed by atoms with van der Waals surface area (Å²) in [7, 11) is 0. The monoisotopic (exact) mass is 565 g/mol. The molecule has 1 saturated carbocycles. The van der Waals surface area contributed by atoms with Crippen LogP contribution >= 0.6 is 0 Å². The molecule has 1 saturated heterocycles. The number of hydrogen-bond acceptors (Lipinski definition) is 7. The molecule has 4 unspecified atom stereocenters. The highest BCUT2D eigenvalue weighted by Crippen LogP contribution is 2.35. The molecule has 2 fully saturated rings. The third-order valence-electron chi connectivity index (χ3n) is 7.66. The Morgan fingerprint density at radius 2 is 1.65 bits per heavy atom. The molecule has 0 aromatic carbocycles. The molecule has 12 nitrogen and oxygen atoms in total. The van der Waals surface area contributed by atoms with Gasteiger partial charge in [-0.25, -0.2) is 4.79 Å². The number of esters is 1. The van der Waals surface area contributed by atoms with Crippen molar-refractivity contribution in [2.75, 3.05) is 13.1 Å². The van der Waals surface area contributed by atoms with E-state index in [1.807, 2.05) is 6.92 Å². The van der Waals surface area contributed by atoms with Gasteiger partial charge in [0, 0.05) is 6.54 Å². The van der Waals surface area contributed by atoms with Crippen molar-refractivity contribution in [1.82, 2.24) is 20.9 Å². The normalized spacial score (nSPS) is 21.2. The number of urea groups is 1. The van der Waals surface area contributed by atoms with Gasteiger partial charge in [0.15, 0.2) is 0 Å². The predicted octanol–water partition coefficient (Wildman–Crippen LogP) is 1.25. The number of nitrogens with one attached hydrogen (secondary N) is 3. The summed E-state index contributed by atoms with van der Waals surface area (Å²) in [5, 5.41) is 7.80. The number of carbonyl (C=O) groups excluding carboxylic acids is 6. The third-order valence-corrected chi connectivity index (χ3v) is 7.66. The van der Waals surface area contributed by atoms with Crippen molar-refractivity contribution in [1.29, 1.82) is 0 Å². The fraction of sp³-hybridized carbons (Fsp3) is 0.786. The van der Waals surface area contributed by atoms with Gasteiger partial charge in [0.1, 0.15) is 18.6 Å². The van der Waals surface area contributed by atoms with Crippen molar-refractivity contribution in [2.45, 2.75) is 105 Å². The number of primary amides is 1. The highest BCUT2D eigenvalue weighted by Gasteiger charge is 2.46. The molecule has 0 aromatic heterocycles. The molecule has 5 atom stereocenters. The lowest BCUT2D eigenvalue weighted by Gasteiger charge is -2.35. The van der Waals surface area contributed by atoms with Crippen LogP contribution in [0, 0.1) is 23.2 Å². The third kappa shape index (κ3) is 9.48. The first-order chi connectivity index (χ1) is 18.5. The first kappa shape index (κ1) is 33.0. The summed E-state index contributed by atoms with van der Waals surface area (Å²) in [6.45, 7) is 12.8. The van der Waals surface area contributed by atoms with E-state index in [2.05, 4.69) is 22.9 Å². The Morgan fingerprint density at radius 3 is 2.15 bits per heavy atom. The molecule has 2 rings (SSSR count). The molecular formula is C28H47N5O7. The molecule has 0 aromatic rings. The molecule has 0 bridgehead atoms. The summed E-state index contributed by atoms with van der Waals surface area (Å²) in [6, 6.07) is -3.66. The van der Waals surface area contributed by atoms with Gasteiger partial charge in [-0.2, -0.15) is 0 Å². The maximum atomic E-state index is 14.0. The van der Waals surface area contributed by atoms with Gasteiger partial charge in [0.25, 0.3) is 5.91 Å². The van der Waals surface area contributed by atoms with Crippen LogP contribution in [-0.4, -0.2) is 77.7 Å². The molecule has 226 valence electrons. The highest BCUT2D eigenvalue weighted by molar-refractivity contribution is 6.37. The summed E-state index contributed by atoms with van der Waals surface area (Å²) in [5.74, 6) is -3.04. The van der Waals surface area contributed by atoms with E-state index in [0.717, 1.165) is 19.3 Å². The van der Waals surface area contributed by atoms with Crippen molar-refractivity contribution in [3.63, 3.8) is 0 Å². The number of Topliss-reactive ketones (excluding diaryl/α,β-unsaturated/α-hetero) is 1. The molecule has 40 heavy (non-hydrogen) atoms. The predicted molar refractivity (Wildman–Crippen MR) is 148 cm³/mol. The maximum absolute atomic E-state index is 14.0. The summed E-state index contributed by atoms with van der Waals surface area (Å²) in [6.07, 6.45) is 3.06. The van der Waals surface area contributed by atoms with E-state index in [9.17, 15) is 28.8 Å². The number of carbonyl (C=O) groups is 6. The minimum atomic E-state index is -1.11. The van der Waals surface area contributed by atoms with Crippen LogP contribution in [0.25, 0.3) is 0 Å². The molecule has 1 heterocycles. The van der Waals surface area contributed by atoms with Gasteiger partial charge in [-0.1, -0.05) is 53.9 Å². The highest BCUT2D eigenvalue weighted by atomic mass is 16.5. The van der Waals surface area contributed by atoms with E-state index >= 15 is 0 Å². The van der Waals surface area contributed by atoms with Crippen molar-refractivity contribution < 1.29 is 33.5 Å². The van der Waals surface area contributed by atoms with E-state index in [-0.39, 0.29) is 30.4 Å². The smallest absolute Gasteiger partial charge is 0.325 e. The second-order valence-corrected chi connectivity index (χ2v) is 12.5. The largest absolute Gasteiger partial charge is 0.462 e. The second-order valence-electron chi connectivity index (χ2n) is 12.5. The van der Waals surface area contributed by atoms with Crippen molar-refractivity contribution >= 4 is 35.5 Å². The van der Waals surface area contributed by atoms with Gasteiger partial charge in [-0.05, 0) is 49.9 Å². The van der Waals surface area contributed by atoms with Gasteiger partial charge >= 0.3 is 12.0 Å². The zero-order chi connectivity index (χ0) is 30.4. The van der Waals surface area contributed by atoms with Crippen LogP contribution in [0.5, 0.6) is 0 Å². The number of amides is 5. The average Bonchev–Trinajstić information content (AvgIpc) is 3.56. The van der Waals surface area contributed by atoms with E-state index in [0.29, 0.717) is 19.4 Å². The van der Waals surface area contributed by atoms with Gasteiger partial charge < -0.3 is 31.3 Å². The van der Waals surface area contributed by atoms with E-state index in [1.165, 1.54) is 4.90 Å². The summed E-state index contributed by atoms with van der Waals surface area (Å²) >= 11 is 0. The Kier molecular flexibility index (Phi) is 11.5. The fourth-order valence-electron chi connectivity index (χ4n) is 4.92. The number of ketones is 1. The lowest BCUT2D eigenvalue weighted by Crippen LogP contribution is -2.60. The SMILES string of the molecule is CCC(C)[C@@H]1CC(C(=O)NC(CC2CC2)C(=O)C(N)=O)N(C(=O)C(NC(=O)NCC(=O)OC(C)C)C(C)(C)C)C1. The van der Waals surface area contributed by atoms with Crippen LogP contribution in [0.1, 0.15) is 80.6 Å². The molecule has 2 aliphatic rings. The Balaban J connectivity index is 2.24. The van der Waals surface area contributed by atoms with E-state index in [4.69, 9.17) is 10.5 Å². The Morgan fingerprint density at radius 1 is 1.02 bits per heavy atom. The summed E-state index contributed by atoms with van der Waals surface area (Å²) in [5.41, 5.74) is 4.50. The minimum absolute atomic E-state index is 0.0265. The topological polar surface area (TPSA) is 177 Å². The molecule has 12 heteroatoms. The standard InChI is InChI=1S/C28H47N5O7/c1-8-16(4)18-12-20(25(37)31-19(11-17-9-10-17)22(35)24(29)36)33(14-18)26(38)23(28(5,6)7)32-27(39)30-13-21(34)40-15(2)3/h15-20,23H,8-14H2,1-7H3,(H2,29,36)(H,31,37)(H2,30,32,39)/t16?,18-,19?,20?,23?/m1/s1. The van der Waals surface area contributed by atoms with Crippen LogP contribution in [-0.2, 0) is 28.7 Å². The van der Waals surface area contributed by atoms with Crippen LogP contribution < -0.4 is 21.7 Å². The molecule has 0 spiro atoms. The Labute approximate surface area is 236 Å². The summed E-state index contributed by atoms with van der Waals surface area (Å²) < 4.78 is 5.02. The fourth-order valence-corrected chi connectivity index (χ4v) is 4.92. The number of ether oxygens (including phenoxy) is 1. The maximum Gasteiger partial charge on any atom is 0.325 e. The molecular weight excluding hydrogens is 518 g/mol. The van der Waals surface area contributed by atoms with Crippen molar-refractivity contribution in [3.05, 3.63) is 0 Å². The van der Waals surface area contributed by atoms with Gasteiger partial charge in [-0.3, -0.25) is 24.0 Å². The van der Waals surface area contributed by atoms with Crippen LogP contribution in [0.3, 0.4) is 0 Å². The molecule has 5 amide bonds. The Hall–Kier alpha value is -3.18. The van der Waals surface area contributed by atoms with Crippen LogP contribution in [0.2, 0.25) is 0 Å². The van der Waals surface area contributed by atoms with Gasteiger partial charge in [0.2, 0.25) is 17.6 Å². The zero-order valence-electron chi connectivity index (χ0n) is 24.9. The minimum Gasteiger partial charge on any atom is -0.462 e. The second kappa shape index (κ2) is 13.9. The molecule has 5 N–H and O–H groups in total. The zero-order valence-corrected chi connectivity index (χ0v) is 24.9. The lowest BCUT2D eigenvalue weighted by atomic mass is 9.85. The summed E-state index contributed by atoms with van der Waals surface area (Å²) in [4.78, 5) is 77.6. The number of hydrogen-bond donors (Lipinski definition) is 4. The molecule has 1 aliphatic heterocycles. The number of nitrogens with zero attached hydrogens (tertiary/aromatic N) is 1. The number of likely N-dealkylation sites (tertiary alicyclic amines) is 1. The van der Waals surface area contributed by atoms with E-state index in [1.54, 1.807) is 34.6 Å². The van der Waals surface area contributed by atoms with E-state index < -0.39 is 59.0 Å². The quantitative estimate of drug-likeness (QED) is 0.192. The van der Waals surface area contributed by atoms with Crippen LogP contribution in [0.15, 0.2) is 0 Å². The number of rotatable bonds is 13. The van der Waals surface area contributed by atoms with Crippen molar-refractivity contribution in [2.24, 2.45) is 28.9 Å². The van der Waals surface area contributed by atoms with Crippen molar-refractivity contribution in [3.8, 4) is 0 Å². The average molecular weight is 566 g/mol. The molecule has 0 radical (unpaired) electrons. The van der Waals surface area contributed by atoms with Gasteiger partial charge in [-0.15, -0.1) is 0 Å². The van der Waals surface area contributed by atoms with Crippen LogP contribution in [0.4, 0.5) is 4.79 Å². The first-order valence-electron chi connectivity index (χ1n) is 14.2.